The summed E-state index contributed by atoms with van der Waals surface area (Å²) >= 11 is 0. The van der Waals surface area contributed by atoms with Crippen LogP contribution in [0.5, 0.6) is 0 Å². The van der Waals surface area contributed by atoms with Gasteiger partial charge in [0, 0.05) is 26.6 Å². The van der Waals surface area contributed by atoms with Gasteiger partial charge in [0.15, 0.2) is 0 Å². The summed E-state index contributed by atoms with van der Waals surface area (Å²) in [6, 6.07) is 0. The Kier molecular flexibility index (Phi) is 4.14. The first kappa shape index (κ1) is 14.7. The molecular formula is C11H20N2O5S. The molecule has 0 bridgehead atoms. The van der Waals surface area contributed by atoms with Crippen molar-refractivity contribution in [3.05, 3.63) is 0 Å². The molecule has 2 saturated heterocycles. The van der Waals surface area contributed by atoms with E-state index in [1.165, 1.54) is 17.5 Å². The smallest absolute Gasteiger partial charge is 0.219 e. The number of carbonyl (C=O) groups is 1. The van der Waals surface area contributed by atoms with Crippen molar-refractivity contribution in [2.45, 2.75) is 12.5 Å². The van der Waals surface area contributed by atoms with Gasteiger partial charge in [-0.1, -0.05) is 0 Å². The Labute approximate surface area is 113 Å². The fraction of sp³-hybridized carbons (Fsp3) is 0.909. The summed E-state index contributed by atoms with van der Waals surface area (Å²) < 4.78 is 36.0. The molecule has 0 aromatic heterocycles. The van der Waals surface area contributed by atoms with Gasteiger partial charge in [-0.25, -0.2) is 8.42 Å². The molecule has 0 unspecified atom stereocenters. The zero-order chi connectivity index (χ0) is 14.1. The van der Waals surface area contributed by atoms with Crippen LogP contribution < -0.4 is 0 Å². The number of nitrogens with zero attached hydrogens (tertiary/aromatic N) is 2. The van der Waals surface area contributed by atoms with Gasteiger partial charge in [0.2, 0.25) is 15.9 Å². The van der Waals surface area contributed by atoms with Crippen LogP contribution in [-0.4, -0.2) is 81.4 Å². The number of rotatable bonds is 1. The molecule has 7 nitrogen and oxygen atoms in total. The lowest BCUT2D eigenvalue weighted by Crippen LogP contribution is -2.60. The van der Waals surface area contributed by atoms with Crippen molar-refractivity contribution >= 4 is 15.9 Å². The summed E-state index contributed by atoms with van der Waals surface area (Å²) in [6.45, 7) is 4.04. The molecule has 2 aliphatic heterocycles. The summed E-state index contributed by atoms with van der Waals surface area (Å²) in [5, 5.41) is 0. The molecule has 0 radical (unpaired) electrons. The highest BCUT2D eigenvalue weighted by Gasteiger charge is 2.43. The van der Waals surface area contributed by atoms with E-state index < -0.39 is 15.6 Å². The van der Waals surface area contributed by atoms with Crippen LogP contribution >= 0.6 is 0 Å². The van der Waals surface area contributed by atoms with Gasteiger partial charge >= 0.3 is 0 Å². The van der Waals surface area contributed by atoms with Gasteiger partial charge in [-0.05, 0) is 0 Å². The molecule has 2 fully saturated rings. The molecule has 1 atom stereocenters. The summed E-state index contributed by atoms with van der Waals surface area (Å²) in [6.07, 6.45) is 1.19. The SMILES string of the molecule is CC(=O)N1CCOC[C@]2(C1)CN(S(C)(=O)=O)CCO2. The first-order valence-corrected chi connectivity index (χ1v) is 8.10. The predicted octanol–water partition coefficient (Wildman–Crippen LogP) is -1.10. The van der Waals surface area contributed by atoms with Gasteiger partial charge in [0.25, 0.3) is 0 Å². The van der Waals surface area contributed by atoms with E-state index in [0.717, 1.165) is 0 Å². The van der Waals surface area contributed by atoms with Crippen molar-refractivity contribution in [1.29, 1.82) is 0 Å². The fourth-order valence-corrected chi connectivity index (χ4v) is 3.33. The summed E-state index contributed by atoms with van der Waals surface area (Å²) in [7, 11) is -3.26. The third kappa shape index (κ3) is 3.44. The summed E-state index contributed by atoms with van der Waals surface area (Å²) in [5.41, 5.74) is -0.747. The lowest BCUT2D eigenvalue weighted by Gasteiger charge is -2.42. The minimum Gasteiger partial charge on any atom is -0.376 e. The third-order valence-corrected chi connectivity index (χ3v) is 4.73. The number of carbonyl (C=O) groups excluding carboxylic acids is 1. The molecule has 2 heterocycles. The summed E-state index contributed by atoms with van der Waals surface area (Å²) in [5.74, 6) is -0.0510. The van der Waals surface area contributed by atoms with Crippen molar-refractivity contribution < 1.29 is 22.7 Å². The van der Waals surface area contributed by atoms with Gasteiger partial charge in [-0.3, -0.25) is 4.79 Å². The van der Waals surface area contributed by atoms with E-state index in [0.29, 0.717) is 39.5 Å². The Bertz CT molecular complexity index is 452. The van der Waals surface area contributed by atoms with E-state index in [1.54, 1.807) is 4.90 Å². The molecule has 1 spiro atoms. The van der Waals surface area contributed by atoms with E-state index in [1.807, 2.05) is 0 Å². The number of sulfonamides is 1. The van der Waals surface area contributed by atoms with E-state index in [2.05, 4.69) is 0 Å². The zero-order valence-corrected chi connectivity index (χ0v) is 12.1. The molecule has 8 heteroatoms. The second-order valence-electron chi connectivity index (χ2n) is 5.12. The fourth-order valence-electron chi connectivity index (χ4n) is 2.45. The number of hydrogen-bond acceptors (Lipinski definition) is 5. The van der Waals surface area contributed by atoms with Crippen LogP contribution in [0.1, 0.15) is 6.92 Å². The monoisotopic (exact) mass is 292 g/mol. The molecule has 0 aliphatic carbocycles. The molecule has 0 aromatic rings. The average Bonchev–Trinajstić information content (AvgIpc) is 2.51. The first-order chi connectivity index (χ1) is 8.82. The van der Waals surface area contributed by atoms with E-state index >= 15 is 0 Å². The van der Waals surface area contributed by atoms with Crippen molar-refractivity contribution in [3.63, 3.8) is 0 Å². The molecule has 110 valence electrons. The standard InChI is InChI=1S/C11H20N2O5S/c1-10(14)12-3-5-17-9-11(7-12)8-13(4-6-18-11)19(2,15)16/h3-9H2,1-2H3/t11-/m0/s1. The molecule has 0 N–H and O–H groups in total. The van der Waals surface area contributed by atoms with Crippen LogP contribution in [0.3, 0.4) is 0 Å². The maximum atomic E-state index is 11.7. The Morgan fingerprint density at radius 3 is 2.58 bits per heavy atom. The van der Waals surface area contributed by atoms with Gasteiger partial charge in [0.1, 0.15) is 5.60 Å². The minimum atomic E-state index is -3.26. The van der Waals surface area contributed by atoms with Crippen LogP contribution in [0.15, 0.2) is 0 Å². The van der Waals surface area contributed by atoms with Gasteiger partial charge in [0.05, 0.1) is 32.6 Å². The van der Waals surface area contributed by atoms with Crippen LogP contribution in [0.4, 0.5) is 0 Å². The van der Waals surface area contributed by atoms with E-state index in [9.17, 15) is 13.2 Å². The largest absolute Gasteiger partial charge is 0.376 e. The maximum Gasteiger partial charge on any atom is 0.219 e. The van der Waals surface area contributed by atoms with Gasteiger partial charge in [-0.15, -0.1) is 0 Å². The van der Waals surface area contributed by atoms with Crippen molar-refractivity contribution in [2.75, 3.05) is 52.3 Å². The molecule has 19 heavy (non-hydrogen) atoms. The predicted molar refractivity (Wildman–Crippen MR) is 68.2 cm³/mol. The third-order valence-electron chi connectivity index (χ3n) is 3.48. The molecule has 2 aliphatic rings. The normalized spacial score (nSPS) is 30.3. The number of ether oxygens (including phenoxy) is 2. The van der Waals surface area contributed by atoms with Crippen molar-refractivity contribution in [2.24, 2.45) is 0 Å². The molecule has 1 amide bonds. The van der Waals surface area contributed by atoms with Crippen LogP contribution in [0, 0.1) is 0 Å². The van der Waals surface area contributed by atoms with Crippen molar-refractivity contribution in [1.82, 2.24) is 9.21 Å². The van der Waals surface area contributed by atoms with Crippen LogP contribution in [0.25, 0.3) is 0 Å². The molecule has 2 rings (SSSR count). The quantitative estimate of drug-likeness (QED) is 0.613. The molecule has 0 aromatic carbocycles. The van der Waals surface area contributed by atoms with E-state index in [-0.39, 0.29) is 12.5 Å². The van der Waals surface area contributed by atoms with Gasteiger partial charge < -0.3 is 14.4 Å². The lowest BCUT2D eigenvalue weighted by atomic mass is 10.0. The molecular weight excluding hydrogens is 272 g/mol. The lowest BCUT2D eigenvalue weighted by molar-refractivity contribution is -0.142. The highest BCUT2D eigenvalue weighted by molar-refractivity contribution is 7.88. The van der Waals surface area contributed by atoms with Crippen LogP contribution in [0.2, 0.25) is 0 Å². The Hall–Kier alpha value is -0.700. The highest BCUT2D eigenvalue weighted by Crippen LogP contribution is 2.24. The minimum absolute atomic E-state index is 0.0510. The number of hydrogen-bond donors (Lipinski definition) is 0. The second kappa shape index (κ2) is 5.35. The van der Waals surface area contributed by atoms with E-state index in [4.69, 9.17) is 9.47 Å². The maximum absolute atomic E-state index is 11.7. The molecule has 0 saturated carbocycles. The van der Waals surface area contributed by atoms with Crippen molar-refractivity contribution in [3.8, 4) is 0 Å². The summed E-state index contributed by atoms with van der Waals surface area (Å²) in [4.78, 5) is 13.2. The Morgan fingerprint density at radius 1 is 1.21 bits per heavy atom. The Morgan fingerprint density at radius 2 is 1.95 bits per heavy atom. The second-order valence-corrected chi connectivity index (χ2v) is 7.10. The van der Waals surface area contributed by atoms with Crippen LogP contribution in [-0.2, 0) is 24.3 Å². The first-order valence-electron chi connectivity index (χ1n) is 6.25. The average molecular weight is 292 g/mol. The Balaban J connectivity index is 2.17. The zero-order valence-electron chi connectivity index (χ0n) is 11.3. The highest BCUT2D eigenvalue weighted by atomic mass is 32.2. The number of amides is 1. The topological polar surface area (TPSA) is 76.2 Å². The van der Waals surface area contributed by atoms with Gasteiger partial charge in [-0.2, -0.15) is 4.31 Å². The number of morpholine rings is 1.